The molecule has 1 heterocycles. The molecule has 2 unspecified atom stereocenters. The lowest BCUT2D eigenvalue weighted by Crippen LogP contribution is -2.31. The Balaban J connectivity index is 2.14. The Morgan fingerprint density at radius 2 is 2.21 bits per heavy atom. The Morgan fingerprint density at radius 1 is 1.43 bits per heavy atom. The van der Waals surface area contributed by atoms with E-state index in [1.54, 1.807) is 0 Å². The van der Waals surface area contributed by atoms with Crippen molar-refractivity contribution in [3.63, 3.8) is 0 Å². The Labute approximate surface area is 83.3 Å². The van der Waals surface area contributed by atoms with Crippen molar-refractivity contribution >= 4 is 5.78 Å². The third-order valence-electron chi connectivity index (χ3n) is 3.70. The standard InChI is InChI=1S/C12H14O2/c1-3-10-8-4-7-5-9(13)12(7)11(8)6(2)14-10/h7,12H,3-5H2,1-2H3. The molecule has 14 heavy (non-hydrogen) atoms. The van der Waals surface area contributed by atoms with Gasteiger partial charge < -0.3 is 4.42 Å². The van der Waals surface area contributed by atoms with Crippen LogP contribution in [0, 0.1) is 12.8 Å². The van der Waals surface area contributed by atoms with Gasteiger partial charge in [0.25, 0.3) is 0 Å². The second-order valence-corrected chi connectivity index (χ2v) is 4.44. The molecule has 0 spiro atoms. The van der Waals surface area contributed by atoms with Crippen LogP contribution in [0.1, 0.15) is 41.9 Å². The van der Waals surface area contributed by atoms with Crippen LogP contribution in [0.25, 0.3) is 0 Å². The van der Waals surface area contributed by atoms with E-state index in [4.69, 9.17) is 4.42 Å². The lowest BCUT2D eigenvalue weighted by atomic mass is 9.73. The van der Waals surface area contributed by atoms with Gasteiger partial charge in [-0.15, -0.1) is 0 Å². The number of aryl methyl sites for hydroxylation is 2. The highest BCUT2D eigenvalue weighted by molar-refractivity contribution is 5.94. The highest BCUT2D eigenvalue weighted by atomic mass is 16.3. The topological polar surface area (TPSA) is 30.2 Å². The number of carbonyl (C=O) groups is 1. The lowest BCUT2D eigenvalue weighted by Gasteiger charge is -2.28. The van der Waals surface area contributed by atoms with Crippen molar-refractivity contribution in [2.45, 2.75) is 39.0 Å². The van der Waals surface area contributed by atoms with Gasteiger partial charge in [-0.2, -0.15) is 0 Å². The fourth-order valence-electron chi connectivity index (χ4n) is 3.03. The summed E-state index contributed by atoms with van der Waals surface area (Å²) in [4.78, 5) is 11.5. The highest BCUT2D eigenvalue weighted by Crippen LogP contribution is 2.51. The molecule has 74 valence electrons. The molecule has 2 atom stereocenters. The molecule has 0 amide bonds. The number of carbonyl (C=O) groups excluding carboxylic acids is 1. The zero-order valence-corrected chi connectivity index (χ0v) is 8.59. The molecule has 0 aliphatic heterocycles. The van der Waals surface area contributed by atoms with Crippen LogP contribution in [0.2, 0.25) is 0 Å². The number of hydrogen-bond acceptors (Lipinski definition) is 2. The zero-order chi connectivity index (χ0) is 9.87. The van der Waals surface area contributed by atoms with Gasteiger partial charge in [-0.25, -0.2) is 0 Å². The first-order valence-electron chi connectivity index (χ1n) is 5.36. The third kappa shape index (κ3) is 0.794. The van der Waals surface area contributed by atoms with E-state index < -0.39 is 0 Å². The molecule has 1 saturated carbocycles. The van der Waals surface area contributed by atoms with Crippen LogP contribution >= 0.6 is 0 Å². The second kappa shape index (κ2) is 2.50. The Morgan fingerprint density at radius 3 is 2.86 bits per heavy atom. The molecule has 1 fully saturated rings. The molecule has 2 aliphatic rings. The van der Waals surface area contributed by atoms with Crippen molar-refractivity contribution in [2.24, 2.45) is 5.92 Å². The average Bonchev–Trinajstić information content (AvgIpc) is 2.60. The van der Waals surface area contributed by atoms with Crippen LogP contribution in [-0.2, 0) is 17.6 Å². The molecule has 3 rings (SSSR count). The molecule has 0 aromatic carbocycles. The van der Waals surface area contributed by atoms with Crippen molar-refractivity contribution in [3.8, 4) is 0 Å². The molecule has 2 heteroatoms. The van der Waals surface area contributed by atoms with E-state index >= 15 is 0 Å². The summed E-state index contributed by atoms with van der Waals surface area (Å²) < 4.78 is 5.69. The fourth-order valence-corrected chi connectivity index (χ4v) is 3.03. The summed E-state index contributed by atoms with van der Waals surface area (Å²) >= 11 is 0. The molecule has 0 saturated heterocycles. The van der Waals surface area contributed by atoms with E-state index in [1.165, 1.54) is 11.1 Å². The summed E-state index contributed by atoms with van der Waals surface area (Å²) in [5.74, 6) is 3.32. The number of furan rings is 1. The summed E-state index contributed by atoms with van der Waals surface area (Å²) in [6.07, 6.45) is 2.82. The van der Waals surface area contributed by atoms with E-state index in [2.05, 4.69) is 6.92 Å². The van der Waals surface area contributed by atoms with Crippen LogP contribution in [0.5, 0.6) is 0 Å². The first kappa shape index (κ1) is 8.27. The normalized spacial score (nSPS) is 28.6. The van der Waals surface area contributed by atoms with Crippen LogP contribution in [0.3, 0.4) is 0 Å². The van der Waals surface area contributed by atoms with Gasteiger partial charge in [0.05, 0.1) is 0 Å². The number of Topliss-reactive ketones (excluding diaryl/α,β-unsaturated/α-hetero) is 1. The predicted molar refractivity (Wildman–Crippen MR) is 52.4 cm³/mol. The van der Waals surface area contributed by atoms with Gasteiger partial charge in [-0.3, -0.25) is 4.79 Å². The minimum atomic E-state index is 0.203. The van der Waals surface area contributed by atoms with Crippen molar-refractivity contribution in [2.75, 3.05) is 0 Å². The molecule has 0 N–H and O–H groups in total. The molecule has 1 aromatic rings. The minimum absolute atomic E-state index is 0.203. The minimum Gasteiger partial charge on any atom is -0.466 e. The first-order valence-corrected chi connectivity index (χ1v) is 5.36. The molecule has 2 nitrogen and oxygen atoms in total. The Kier molecular flexibility index (Phi) is 1.48. The van der Waals surface area contributed by atoms with Gasteiger partial charge in [-0.1, -0.05) is 6.92 Å². The molecule has 0 radical (unpaired) electrons. The predicted octanol–water partition coefficient (Wildman–Crippen LogP) is 2.38. The van der Waals surface area contributed by atoms with Crippen molar-refractivity contribution in [1.29, 1.82) is 0 Å². The van der Waals surface area contributed by atoms with Gasteiger partial charge in [0.2, 0.25) is 0 Å². The number of ketones is 1. The summed E-state index contributed by atoms with van der Waals surface area (Å²) in [6.45, 7) is 4.10. The molecule has 2 aliphatic carbocycles. The zero-order valence-electron chi connectivity index (χ0n) is 8.59. The first-order chi connectivity index (χ1) is 6.72. The maximum Gasteiger partial charge on any atom is 0.141 e. The second-order valence-electron chi connectivity index (χ2n) is 4.44. The van der Waals surface area contributed by atoms with E-state index in [0.29, 0.717) is 11.7 Å². The van der Waals surface area contributed by atoms with Crippen LogP contribution in [0.15, 0.2) is 4.42 Å². The van der Waals surface area contributed by atoms with E-state index in [0.717, 1.165) is 30.8 Å². The van der Waals surface area contributed by atoms with Crippen LogP contribution in [-0.4, -0.2) is 5.78 Å². The quantitative estimate of drug-likeness (QED) is 0.680. The van der Waals surface area contributed by atoms with E-state index in [1.807, 2.05) is 6.92 Å². The fraction of sp³-hybridized carbons (Fsp3) is 0.583. The SMILES string of the molecule is CCc1oc(C)c2c1CC1CC(=O)C21. The van der Waals surface area contributed by atoms with Crippen molar-refractivity contribution < 1.29 is 9.21 Å². The van der Waals surface area contributed by atoms with E-state index in [-0.39, 0.29) is 5.92 Å². The number of hydrogen-bond donors (Lipinski definition) is 0. The number of fused-ring (bicyclic) bond motifs is 3. The summed E-state index contributed by atoms with van der Waals surface area (Å²) in [7, 11) is 0. The third-order valence-corrected chi connectivity index (χ3v) is 3.70. The highest BCUT2D eigenvalue weighted by Gasteiger charge is 2.49. The van der Waals surface area contributed by atoms with Gasteiger partial charge in [0, 0.05) is 24.3 Å². The Hall–Kier alpha value is -1.05. The maximum absolute atomic E-state index is 11.5. The smallest absolute Gasteiger partial charge is 0.141 e. The van der Waals surface area contributed by atoms with Gasteiger partial charge >= 0.3 is 0 Å². The summed E-state index contributed by atoms with van der Waals surface area (Å²) in [6, 6.07) is 0. The van der Waals surface area contributed by atoms with E-state index in [9.17, 15) is 4.79 Å². The van der Waals surface area contributed by atoms with Crippen LogP contribution in [0.4, 0.5) is 0 Å². The summed E-state index contributed by atoms with van der Waals surface area (Å²) in [5, 5.41) is 0. The van der Waals surface area contributed by atoms with Gasteiger partial charge in [0.15, 0.2) is 0 Å². The lowest BCUT2D eigenvalue weighted by molar-refractivity contribution is -0.128. The molecular formula is C12H14O2. The van der Waals surface area contributed by atoms with Crippen molar-refractivity contribution in [3.05, 3.63) is 22.6 Å². The maximum atomic E-state index is 11.5. The monoisotopic (exact) mass is 190 g/mol. The van der Waals surface area contributed by atoms with Crippen LogP contribution < -0.4 is 0 Å². The molecule has 0 bridgehead atoms. The summed E-state index contributed by atoms with van der Waals surface area (Å²) in [5.41, 5.74) is 2.59. The molecular weight excluding hydrogens is 176 g/mol. The average molecular weight is 190 g/mol. The Bertz CT molecular complexity index is 414. The van der Waals surface area contributed by atoms with Gasteiger partial charge in [0.1, 0.15) is 17.3 Å². The molecule has 1 aromatic heterocycles. The number of rotatable bonds is 1. The largest absolute Gasteiger partial charge is 0.466 e. The van der Waals surface area contributed by atoms with Crippen molar-refractivity contribution in [1.82, 2.24) is 0 Å². The van der Waals surface area contributed by atoms with Gasteiger partial charge in [-0.05, 0) is 24.8 Å².